The maximum Gasteiger partial charge on any atom is 0.273 e. The van der Waals surface area contributed by atoms with Gasteiger partial charge in [-0.05, 0) is 76.0 Å². The first-order valence-corrected chi connectivity index (χ1v) is 11.1. The molecule has 1 aromatic heterocycles. The third-order valence-corrected chi connectivity index (χ3v) is 7.71. The van der Waals surface area contributed by atoms with Gasteiger partial charge in [-0.25, -0.2) is 0 Å². The van der Waals surface area contributed by atoms with E-state index in [0.717, 1.165) is 76.4 Å². The molecule has 2 atom stereocenters. The lowest BCUT2D eigenvalue weighted by Gasteiger charge is -2.38. The van der Waals surface area contributed by atoms with Crippen LogP contribution in [0, 0.1) is 17.3 Å². The monoisotopic (exact) mass is 385 g/mol. The number of hydrogen-bond donors (Lipinski definition) is 2. The highest BCUT2D eigenvalue weighted by molar-refractivity contribution is 5.92. The van der Waals surface area contributed by atoms with Crippen molar-refractivity contribution in [1.82, 2.24) is 10.5 Å². The van der Waals surface area contributed by atoms with Gasteiger partial charge in [0, 0.05) is 35.9 Å². The minimum Gasteiger partial charge on any atom is -0.360 e. The van der Waals surface area contributed by atoms with Crippen molar-refractivity contribution < 1.29 is 14.1 Å². The van der Waals surface area contributed by atoms with Crippen molar-refractivity contribution in [2.45, 2.75) is 88.6 Å². The molecule has 4 aliphatic carbocycles. The average Bonchev–Trinajstić information content (AvgIpc) is 3.63. The second-order valence-electron chi connectivity index (χ2n) is 9.77. The van der Waals surface area contributed by atoms with Gasteiger partial charge in [0.1, 0.15) is 11.5 Å². The Labute approximate surface area is 166 Å². The first-order chi connectivity index (χ1) is 13.5. The molecule has 6 nitrogen and oxygen atoms in total. The highest BCUT2D eigenvalue weighted by atomic mass is 16.5. The van der Waals surface area contributed by atoms with Gasteiger partial charge in [-0.15, -0.1) is 0 Å². The highest BCUT2D eigenvalue weighted by Gasteiger charge is 2.54. The van der Waals surface area contributed by atoms with Crippen molar-refractivity contribution >= 4 is 11.7 Å². The molecule has 1 heterocycles. The van der Waals surface area contributed by atoms with Gasteiger partial charge in [0.15, 0.2) is 5.69 Å². The van der Waals surface area contributed by atoms with Gasteiger partial charge in [0.2, 0.25) is 0 Å². The Morgan fingerprint density at radius 2 is 1.75 bits per heavy atom. The number of aromatic nitrogens is 1. The van der Waals surface area contributed by atoms with E-state index >= 15 is 0 Å². The number of carbonyl (C=O) groups excluding carboxylic acids is 2. The Balaban J connectivity index is 1.19. The Bertz CT molecular complexity index is 757. The molecule has 0 radical (unpaired) electrons. The second-order valence-corrected chi connectivity index (χ2v) is 9.77. The molecule has 0 bridgehead atoms. The zero-order chi connectivity index (χ0) is 19.3. The largest absolute Gasteiger partial charge is 0.360 e. The fourth-order valence-electron chi connectivity index (χ4n) is 5.52. The van der Waals surface area contributed by atoms with Gasteiger partial charge < -0.3 is 15.6 Å². The van der Waals surface area contributed by atoms with Crippen LogP contribution in [0.15, 0.2) is 10.6 Å². The van der Waals surface area contributed by atoms with Crippen LogP contribution in [0.2, 0.25) is 0 Å². The fraction of sp³-hybridized carbons (Fsp3) is 0.773. The summed E-state index contributed by atoms with van der Waals surface area (Å²) in [6.45, 7) is 0. The molecular formula is C22H31N3O3. The summed E-state index contributed by atoms with van der Waals surface area (Å²) >= 11 is 0. The number of carbonyl (C=O) groups is 2. The second kappa shape index (κ2) is 6.97. The van der Waals surface area contributed by atoms with Crippen molar-refractivity contribution in [3.05, 3.63) is 17.5 Å². The maximum atomic E-state index is 13.0. The van der Waals surface area contributed by atoms with Gasteiger partial charge in [-0.1, -0.05) is 5.16 Å². The lowest BCUT2D eigenvalue weighted by molar-refractivity contribution is -0.129. The lowest BCUT2D eigenvalue weighted by atomic mass is 9.70. The van der Waals surface area contributed by atoms with Gasteiger partial charge in [-0.2, -0.15) is 0 Å². The quantitative estimate of drug-likeness (QED) is 0.810. The van der Waals surface area contributed by atoms with E-state index in [1.807, 2.05) is 0 Å². The molecule has 28 heavy (non-hydrogen) atoms. The molecule has 6 heteroatoms. The number of nitrogens with two attached hydrogens (primary N) is 1. The summed E-state index contributed by atoms with van der Waals surface area (Å²) in [5, 5.41) is 7.19. The molecule has 4 fully saturated rings. The van der Waals surface area contributed by atoms with Crippen molar-refractivity contribution in [2.75, 3.05) is 0 Å². The standard InChI is InChI=1S/C22H31N3O3/c23-16-6-3-14(4-7-16)20(26)15-5-8-19(22(12-15)9-10-22)24-21(27)17-11-18(28-25-17)13-1-2-13/h11,13-16,19H,1-10,12,23H2,(H,24,27). The number of amides is 1. The molecule has 3 N–H and O–H groups in total. The lowest BCUT2D eigenvalue weighted by Crippen LogP contribution is -2.47. The van der Waals surface area contributed by atoms with Crippen LogP contribution in [0.3, 0.4) is 0 Å². The third-order valence-electron chi connectivity index (χ3n) is 7.71. The van der Waals surface area contributed by atoms with Gasteiger partial charge in [-0.3, -0.25) is 9.59 Å². The predicted molar refractivity (Wildman–Crippen MR) is 104 cm³/mol. The molecule has 1 aromatic rings. The fourth-order valence-corrected chi connectivity index (χ4v) is 5.52. The molecule has 0 saturated heterocycles. The summed E-state index contributed by atoms with van der Waals surface area (Å²) in [7, 11) is 0. The number of ketones is 1. The van der Waals surface area contributed by atoms with Crippen molar-refractivity contribution in [2.24, 2.45) is 23.0 Å². The number of rotatable bonds is 5. The van der Waals surface area contributed by atoms with E-state index in [4.69, 9.17) is 10.3 Å². The molecule has 4 aliphatic rings. The van der Waals surface area contributed by atoms with Crippen LogP contribution in [0.25, 0.3) is 0 Å². The van der Waals surface area contributed by atoms with Crippen LogP contribution >= 0.6 is 0 Å². The molecule has 1 amide bonds. The van der Waals surface area contributed by atoms with Gasteiger partial charge in [0.05, 0.1) is 0 Å². The van der Waals surface area contributed by atoms with Crippen LogP contribution in [0.4, 0.5) is 0 Å². The number of nitrogens with zero attached hydrogens (tertiary/aromatic N) is 1. The zero-order valence-electron chi connectivity index (χ0n) is 16.5. The highest BCUT2D eigenvalue weighted by Crippen LogP contribution is 2.58. The first kappa shape index (κ1) is 18.3. The summed E-state index contributed by atoms with van der Waals surface area (Å²) in [5.41, 5.74) is 6.52. The summed E-state index contributed by atoms with van der Waals surface area (Å²) in [5.74, 6) is 2.02. The Hall–Kier alpha value is -1.69. The Morgan fingerprint density at radius 3 is 2.43 bits per heavy atom. The van der Waals surface area contributed by atoms with Gasteiger partial charge in [0.25, 0.3) is 5.91 Å². The summed E-state index contributed by atoms with van der Waals surface area (Å²) in [4.78, 5) is 25.7. The molecule has 5 rings (SSSR count). The van der Waals surface area contributed by atoms with E-state index < -0.39 is 0 Å². The van der Waals surface area contributed by atoms with E-state index in [1.165, 1.54) is 0 Å². The van der Waals surface area contributed by atoms with E-state index in [1.54, 1.807) is 6.07 Å². The molecule has 1 spiro atoms. The summed E-state index contributed by atoms with van der Waals surface area (Å²) in [6.07, 6.45) is 11.1. The van der Waals surface area contributed by atoms with E-state index in [0.29, 0.717) is 17.4 Å². The Morgan fingerprint density at radius 1 is 1.04 bits per heavy atom. The Kier molecular flexibility index (Phi) is 4.57. The summed E-state index contributed by atoms with van der Waals surface area (Å²) in [6, 6.07) is 2.24. The van der Waals surface area contributed by atoms with Crippen molar-refractivity contribution in [3.8, 4) is 0 Å². The van der Waals surface area contributed by atoms with Crippen molar-refractivity contribution in [1.29, 1.82) is 0 Å². The number of hydrogen-bond acceptors (Lipinski definition) is 5. The van der Waals surface area contributed by atoms with Crippen LogP contribution in [0.1, 0.15) is 92.8 Å². The van der Waals surface area contributed by atoms with E-state index in [-0.39, 0.29) is 35.2 Å². The average molecular weight is 386 g/mol. The third kappa shape index (κ3) is 3.51. The zero-order valence-corrected chi connectivity index (χ0v) is 16.5. The van der Waals surface area contributed by atoms with Crippen molar-refractivity contribution in [3.63, 3.8) is 0 Å². The maximum absolute atomic E-state index is 13.0. The molecule has 4 saturated carbocycles. The van der Waals surface area contributed by atoms with Crippen LogP contribution < -0.4 is 11.1 Å². The first-order valence-electron chi connectivity index (χ1n) is 11.1. The van der Waals surface area contributed by atoms with Crippen LogP contribution in [-0.4, -0.2) is 28.9 Å². The van der Waals surface area contributed by atoms with Crippen LogP contribution in [0.5, 0.6) is 0 Å². The van der Waals surface area contributed by atoms with E-state index in [2.05, 4.69) is 10.5 Å². The number of nitrogens with one attached hydrogen (secondary N) is 1. The number of Topliss-reactive ketones (excluding diaryl/α,β-unsaturated/α-hetero) is 1. The summed E-state index contributed by atoms with van der Waals surface area (Å²) < 4.78 is 5.33. The van der Waals surface area contributed by atoms with Crippen LogP contribution in [-0.2, 0) is 4.79 Å². The van der Waals surface area contributed by atoms with Gasteiger partial charge >= 0.3 is 0 Å². The minimum atomic E-state index is -0.127. The molecular weight excluding hydrogens is 354 g/mol. The van der Waals surface area contributed by atoms with E-state index in [9.17, 15) is 9.59 Å². The molecule has 0 aromatic carbocycles. The molecule has 152 valence electrons. The smallest absolute Gasteiger partial charge is 0.273 e. The topological polar surface area (TPSA) is 98.2 Å². The SMILES string of the molecule is NC1CCC(C(=O)C2CCC(NC(=O)c3cc(C4CC4)on3)C3(CC3)C2)CC1. The minimum absolute atomic E-state index is 0.127. The molecule has 0 aliphatic heterocycles. The predicted octanol–water partition coefficient (Wildman–Crippen LogP) is 3.32. The normalized spacial score (nSPS) is 34.2. The molecule has 2 unspecified atom stereocenters.